The Morgan fingerprint density at radius 1 is 1.25 bits per heavy atom. The molecule has 3 heterocycles. The van der Waals surface area contributed by atoms with Crippen molar-refractivity contribution < 1.29 is 19.0 Å². The minimum absolute atomic E-state index is 0.0393. The highest BCUT2D eigenvalue weighted by atomic mass is 16.5. The second kappa shape index (κ2) is 8.64. The van der Waals surface area contributed by atoms with Gasteiger partial charge in [-0.05, 0) is 30.5 Å². The first-order valence-electron chi connectivity index (χ1n) is 10.7. The van der Waals surface area contributed by atoms with Gasteiger partial charge in [-0.3, -0.25) is 0 Å². The first-order valence-corrected chi connectivity index (χ1v) is 10.7. The van der Waals surface area contributed by atoms with E-state index in [1.807, 2.05) is 31.3 Å². The minimum Gasteiger partial charge on any atom is -0.491 e. The van der Waals surface area contributed by atoms with Crippen molar-refractivity contribution in [1.82, 2.24) is 19.9 Å². The van der Waals surface area contributed by atoms with E-state index in [9.17, 15) is 4.79 Å². The summed E-state index contributed by atoms with van der Waals surface area (Å²) in [6.07, 6.45) is 3.23. The van der Waals surface area contributed by atoms with E-state index < -0.39 is 0 Å². The number of rotatable bonds is 5. The number of hydrogen-bond donors (Lipinski definition) is 3. The number of methoxy groups -OCH3 is 1. The fourth-order valence-electron chi connectivity index (χ4n) is 3.95. The number of anilines is 3. The summed E-state index contributed by atoms with van der Waals surface area (Å²) in [5, 5.41) is 9.53. The summed E-state index contributed by atoms with van der Waals surface area (Å²) in [6.45, 7) is 1.36. The molecule has 4 bridgehead atoms. The van der Waals surface area contributed by atoms with Gasteiger partial charge in [0, 0.05) is 32.0 Å². The summed E-state index contributed by atoms with van der Waals surface area (Å²) in [4.78, 5) is 22.0. The lowest BCUT2D eigenvalue weighted by Gasteiger charge is -2.36. The van der Waals surface area contributed by atoms with Gasteiger partial charge in [-0.2, -0.15) is 0 Å². The summed E-state index contributed by atoms with van der Waals surface area (Å²) >= 11 is 0. The first kappa shape index (κ1) is 20.5. The topological polar surface area (TPSA) is 112 Å². The van der Waals surface area contributed by atoms with Crippen molar-refractivity contribution in [2.75, 3.05) is 38.0 Å². The van der Waals surface area contributed by atoms with Crippen LogP contribution < -0.4 is 20.7 Å². The molecular weight excluding hydrogens is 412 g/mol. The Hall–Kier alpha value is -3.37. The van der Waals surface area contributed by atoms with Gasteiger partial charge in [-0.1, -0.05) is 0 Å². The quantitative estimate of drug-likeness (QED) is 0.522. The molecule has 2 atom stereocenters. The highest BCUT2D eigenvalue weighted by Crippen LogP contribution is 2.31. The van der Waals surface area contributed by atoms with Gasteiger partial charge in [-0.15, -0.1) is 0 Å². The van der Waals surface area contributed by atoms with Crippen molar-refractivity contribution in [1.29, 1.82) is 0 Å². The van der Waals surface area contributed by atoms with E-state index in [1.54, 1.807) is 7.11 Å². The molecule has 0 radical (unpaired) electrons. The van der Waals surface area contributed by atoms with Gasteiger partial charge in [0.05, 0.1) is 31.0 Å². The number of imidazole rings is 1. The lowest BCUT2D eigenvalue weighted by atomic mass is 9.89. The highest BCUT2D eigenvalue weighted by Gasteiger charge is 2.34. The summed E-state index contributed by atoms with van der Waals surface area (Å²) < 4.78 is 18.5. The Labute approximate surface area is 185 Å². The molecule has 3 aromatic rings. The van der Waals surface area contributed by atoms with Gasteiger partial charge in [-0.25, -0.2) is 19.3 Å². The normalized spacial score (nSPS) is 20.0. The predicted molar refractivity (Wildman–Crippen MR) is 120 cm³/mol. The fourth-order valence-corrected chi connectivity index (χ4v) is 3.95. The van der Waals surface area contributed by atoms with E-state index in [2.05, 4.69) is 25.9 Å². The molecule has 5 rings (SSSR count). The molecule has 0 unspecified atom stereocenters. The second-order valence-corrected chi connectivity index (χ2v) is 7.91. The van der Waals surface area contributed by atoms with E-state index in [0.717, 1.165) is 35.5 Å². The largest absolute Gasteiger partial charge is 0.491 e. The number of nitrogens with one attached hydrogen (secondary N) is 3. The number of aromatic nitrogens is 3. The molecule has 1 aromatic carbocycles. The molecular formula is C22H26N6O4. The zero-order chi connectivity index (χ0) is 22.1. The van der Waals surface area contributed by atoms with Gasteiger partial charge >= 0.3 is 6.03 Å². The van der Waals surface area contributed by atoms with Crippen LogP contribution in [0.5, 0.6) is 5.75 Å². The van der Waals surface area contributed by atoms with Crippen molar-refractivity contribution in [2.24, 2.45) is 0 Å². The number of amides is 1. The molecule has 2 aromatic heterocycles. The van der Waals surface area contributed by atoms with Gasteiger partial charge in [0.1, 0.15) is 30.0 Å². The maximum atomic E-state index is 12.9. The smallest absolute Gasteiger partial charge is 0.328 e. The molecule has 0 spiro atoms. The van der Waals surface area contributed by atoms with Crippen molar-refractivity contribution in [3.05, 3.63) is 36.2 Å². The Kier molecular flexibility index (Phi) is 5.54. The molecule has 32 heavy (non-hydrogen) atoms. The van der Waals surface area contributed by atoms with Crippen molar-refractivity contribution in [3.63, 3.8) is 0 Å². The number of carbonyl (C=O) groups is 1. The summed E-state index contributed by atoms with van der Waals surface area (Å²) in [5.74, 6) is 1.30. The van der Waals surface area contributed by atoms with Crippen LogP contribution >= 0.6 is 0 Å². The highest BCUT2D eigenvalue weighted by molar-refractivity contribution is 5.94. The number of pyridine rings is 1. The van der Waals surface area contributed by atoms with E-state index in [4.69, 9.17) is 14.2 Å². The molecule has 10 nitrogen and oxygen atoms in total. The molecule has 3 N–H and O–H groups in total. The zero-order valence-corrected chi connectivity index (χ0v) is 18.1. The minimum atomic E-state index is -0.262. The van der Waals surface area contributed by atoms with Gasteiger partial charge in [0.2, 0.25) is 0 Å². The average molecular weight is 438 g/mol. The van der Waals surface area contributed by atoms with Gasteiger partial charge in [0.15, 0.2) is 5.65 Å². The van der Waals surface area contributed by atoms with Crippen molar-refractivity contribution in [3.8, 4) is 5.75 Å². The Morgan fingerprint density at radius 2 is 2.16 bits per heavy atom. The third-order valence-corrected chi connectivity index (χ3v) is 5.77. The predicted octanol–water partition coefficient (Wildman–Crippen LogP) is 2.86. The maximum Gasteiger partial charge on any atom is 0.328 e. The standard InChI is InChI=1S/C22H26N6O4/c1-23-17-10-19-25-14-7-13(8-15(9-14)31-6-5-30-2)11-32-18-4-3-16(18)26-22(29)28-12-24-20(17)21(28)27-19/h7-10,12,16,18H,3-6,11H2,1-2H3,(H,26,29)(H2,23,25,27)/t16-,18-/m1/s1. The molecule has 2 aliphatic rings. The molecule has 0 saturated heterocycles. The van der Waals surface area contributed by atoms with Gasteiger partial charge < -0.3 is 30.2 Å². The Morgan fingerprint density at radius 3 is 2.94 bits per heavy atom. The van der Waals surface area contributed by atoms with E-state index in [-0.39, 0.29) is 18.2 Å². The van der Waals surface area contributed by atoms with Crippen LogP contribution in [0.1, 0.15) is 18.4 Å². The summed E-state index contributed by atoms with van der Waals surface area (Å²) in [6, 6.07) is 7.44. The van der Waals surface area contributed by atoms with Gasteiger partial charge in [0.25, 0.3) is 0 Å². The van der Waals surface area contributed by atoms with Crippen LogP contribution in [0.3, 0.4) is 0 Å². The van der Waals surface area contributed by atoms with Crippen LogP contribution in [-0.4, -0.2) is 60.1 Å². The molecule has 168 valence electrons. The van der Waals surface area contributed by atoms with Crippen LogP contribution in [-0.2, 0) is 16.1 Å². The van der Waals surface area contributed by atoms with Crippen LogP contribution in [0, 0.1) is 0 Å². The monoisotopic (exact) mass is 438 g/mol. The Balaban J connectivity index is 1.57. The van der Waals surface area contributed by atoms with Crippen molar-refractivity contribution >= 4 is 34.4 Å². The SMILES string of the molecule is CNc1cc2nc3c1ncn3C(=O)N[C@@H]1CC[C@H]1OCc1cc(cc(OCCOC)c1)N2. The van der Waals surface area contributed by atoms with E-state index in [0.29, 0.717) is 36.8 Å². The van der Waals surface area contributed by atoms with Crippen LogP contribution in [0.2, 0.25) is 0 Å². The molecule has 1 amide bonds. The number of fused-ring (bicyclic) bond motifs is 4. The number of ether oxygens (including phenoxy) is 3. The first-order chi connectivity index (χ1) is 15.6. The Bertz CT molecular complexity index is 1150. The average Bonchev–Trinajstić information content (AvgIpc) is 3.20. The number of nitrogens with zero attached hydrogens (tertiary/aromatic N) is 3. The van der Waals surface area contributed by atoms with E-state index >= 15 is 0 Å². The van der Waals surface area contributed by atoms with Crippen LogP contribution in [0.4, 0.5) is 22.0 Å². The third kappa shape index (κ3) is 3.94. The molecule has 1 aliphatic carbocycles. The second-order valence-electron chi connectivity index (χ2n) is 7.91. The van der Waals surface area contributed by atoms with E-state index in [1.165, 1.54) is 10.9 Å². The molecule has 1 saturated carbocycles. The molecule has 1 aliphatic heterocycles. The lowest BCUT2D eigenvalue weighted by Crippen LogP contribution is -2.52. The number of benzene rings is 1. The maximum absolute atomic E-state index is 12.9. The van der Waals surface area contributed by atoms with Crippen LogP contribution in [0.25, 0.3) is 11.2 Å². The number of hydrogen-bond acceptors (Lipinski definition) is 8. The summed E-state index contributed by atoms with van der Waals surface area (Å²) in [5.41, 5.74) is 3.65. The number of carbonyl (C=O) groups excluding carboxylic acids is 1. The third-order valence-electron chi connectivity index (χ3n) is 5.77. The summed E-state index contributed by atoms with van der Waals surface area (Å²) in [7, 11) is 3.46. The molecule has 1 fully saturated rings. The molecule has 10 heteroatoms. The van der Waals surface area contributed by atoms with Crippen molar-refractivity contribution in [2.45, 2.75) is 31.6 Å². The fraction of sp³-hybridized carbons (Fsp3) is 0.409. The van der Waals surface area contributed by atoms with Crippen LogP contribution in [0.15, 0.2) is 30.6 Å². The zero-order valence-electron chi connectivity index (χ0n) is 18.1. The lowest BCUT2D eigenvalue weighted by molar-refractivity contribution is -0.0323.